The zero-order valence-corrected chi connectivity index (χ0v) is 20.9. The second-order valence-electron chi connectivity index (χ2n) is 10.3. The number of piperazine rings is 1. The maximum Gasteiger partial charge on any atom is 0.274 e. The summed E-state index contributed by atoms with van der Waals surface area (Å²) in [4.78, 5) is 20.3. The fourth-order valence-corrected chi connectivity index (χ4v) is 5.70. The SMILES string of the molecule is CCCn1nc(C(=O)N2CCCCC2)c2c1CCC(Nc1ccc(N3CCN(C)CC3)cc1)C2. The van der Waals surface area contributed by atoms with Gasteiger partial charge in [-0.1, -0.05) is 6.92 Å². The number of aromatic nitrogens is 2. The Labute approximate surface area is 204 Å². The van der Waals surface area contributed by atoms with Gasteiger partial charge in [-0.25, -0.2) is 0 Å². The maximum absolute atomic E-state index is 13.4. The number of amides is 1. The number of likely N-dealkylation sites (N-methyl/N-ethyl adjacent to an activating group) is 1. The van der Waals surface area contributed by atoms with E-state index in [-0.39, 0.29) is 5.91 Å². The molecule has 3 aliphatic rings. The van der Waals surface area contributed by atoms with Crippen molar-refractivity contribution in [3.8, 4) is 0 Å². The number of likely N-dealkylation sites (tertiary alicyclic amines) is 1. The summed E-state index contributed by atoms with van der Waals surface area (Å²) >= 11 is 0. The molecule has 1 unspecified atom stereocenters. The van der Waals surface area contributed by atoms with E-state index < -0.39 is 0 Å². The predicted molar refractivity (Wildman–Crippen MR) is 138 cm³/mol. The van der Waals surface area contributed by atoms with Gasteiger partial charge in [0, 0.05) is 74.5 Å². The number of aryl methyl sites for hydroxylation is 1. The highest BCUT2D eigenvalue weighted by molar-refractivity contribution is 5.94. The average molecular weight is 465 g/mol. The minimum atomic E-state index is 0.142. The fraction of sp³-hybridized carbons (Fsp3) is 0.630. The van der Waals surface area contributed by atoms with Gasteiger partial charge in [-0.05, 0) is 76.3 Å². The molecule has 1 aromatic carbocycles. The molecule has 1 aromatic heterocycles. The summed E-state index contributed by atoms with van der Waals surface area (Å²) in [6.45, 7) is 9.23. The summed E-state index contributed by atoms with van der Waals surface area (Å²) in [6, 6.07) is 9.24. The van der Waals surface area contributed by atoms with E-state index in [0.717, 1.165) is 90.0 Å². The number of fused-ring (bicyclic) bond motifs is 1. The Morgan fingerprint density at radius 1 is 1.03 bits per heavy atom. The number of rotatable bonds is 6. The molecule has 1 amide bonds. The standard InChI is InChI=1S/C27H40N6O/c1-3-13-33-25-12-9-22(20-24(25)26(29-33)27(34)32-14-5-4-6-15-32)28-21-7-10-23(11-8-21)31-18-16-30(2)17-19-31/h7-8,10-11,22,28H,3-6,9,12-20H2,1-2H3. The molecule has 0 spiro atoms. The molecule has 0 saturated carbocycles. The average Bonchev–Trinajstić information content (AvgIpc) is 3.23. The molecule has 34 heavy (non-hydrogen) atoms. The summed E-state index contributed by atoms with van der Waals surface area (Å²) in [5.41, 5.74) is 5.64. The predicted octanol–water partition coefficient (Wildman–Crippen LogP) is 3.64. The highest BCUT2D eigenvalue weighted by atomic mass is 16.2. The molecule has 1 aliphatic carbocycles. The lowest BCUT2D eigenvalue weighted by molar-refractivity contribution is 0.0716. The van der Waals surface area contributed by atoms with Crippen molar-refractivity contribution >= 4 is 17.3 Å². The zero-order valence-electron chi connectivity index (χ0n) is 20.9. The van der Waals surface area contributed by atoms with Crippen molar-refractivity contribution in [2.75, 3.05) is 56.5 Å². The van der Waals surface area contributed by atoms with Gasteiger partial charge < -0.3 is 20.0 Å². The second kappa shape index (κ2) is 10.4. The molecule has 2 aliphatic heterocycles. The molecule has 1 N–H and O–H groups in total. The first-order valence-electron chi connectivity index (χ1n) is 13.3. The number of anilines is 2. The smallest absolute Gasteiger partial charge is 0.274 e. The Kier molecular flexibility index (Phi) is 7.09. The Morgan fingerprint density at radius 3 is 2.47 bits per heavy atom. The van der Waals surface area contributed by atoms with Crippen LogP contribution in [0.15, 0.2) is 24.3 Å². The number of hydrogen-bond acceptors (Lipinski definition) is 5. The van der Waals surface area contributed by atoms with E-state index in [0.29, 0.717) is 11.7 Å². The van der Waals surface area contributed by atoms with Crippen molar-refractivity contribution in [1.82, 2.24) is 19.6 Å². The zero-order chi connectivity index (χ0) is 23.5. The van der Waals surface area contributed by atoms with Gasteiger partial charge in [-0.3, -0.25) is 9.48 Å². The number of hydrogen-bond donors (Lipinski definition) is 1. The molecule has 5 rings (SSSR count). The van der Waals surface area contributed by atoms with Crippen molar-refractivity contribution in [2.24, 2.45) is 0 Å². The lowest BCUT2D eigenvalue weighted by Crippen LogP contribution is -2.44. The van der Waals surface area contributed by atoms with Gasteiger partial charge in [0.15, 0.2) is 5.69 Å². The topological polar surface area (TPSA) is 56.6 Å². The molecular weight excluding hydrogens is 424 g/mol. The van der Waals surface area contributed by atoms with E-state index in [9.17, 15) is 4.79 Å². The summed E-state index contributed by atoms with van der Waals surface area (Å²) in [6.07, 6.45) is 7.40. The van der Waals surface area contributed by atoms with Crippen LogP contribution >= 0.6 is 0 Å². The normalized spacial score (nSPS) is 21.4. The number of benzene rings is 1. The van der Waals surface area contributed by atoms with E-state index in [4.69, 9.17) is 5.10 Å². The van der Waals surface area contributed by atoms with Crippen LogP contribution in [0.5, 0.6) is 0 Å². The van der Waals surface area contributed by atoms with Gasteiger partial charge in [0.05, 0.1) is 0 Å². The quantitative estimate of drug-likeness (QED) is 0.707. The molecule has 3 heterocycles. The van der Waals surface area contributed by atoms with Gasteiger partial charge in [0.2, 0.25) is 0 Å². The van der Waals surface area contributed by atoms with E-state index in [2.05, 4.69) is 58.0 Å². The number of carbonyl (C=O) groups is 1. The van der Waals surface area contributed by atoms with Crippen LogP contribution in [-0.2, 0) is 19.4 Å². The molecule has 1 atom stereocenters. The van der Waals surface area contributed by atoms with Crippen molar-refractivity contribution < 1.29 is 4.79 Å². The number of nitrogens with one attached hydrogen (secondary N) is 1. The minimum Gasteiger partial charge on any atom is -0.382 e. The highest BCUT2D eigenvalue weighted by Crippen LogP contribution is 2.29. The number of nitrogens with zero attached hydrogens (tertiary/aromatic N) is 5. The molecule has 7 heteroatoms. The number of carbonyl (C=O) groups excluding carboxylic acids is 1. The van der Waals surface area contributed by atoms with Crippen LogP contribution in [0.3, 0.4) is 0 Å². The molecule has 2 fully saturated rings. The third kappa shape index (κ3) is 4.95. The van der Waals surface area contributed by atoms with Crippen molar-refractivity contribution in [3.63, 3.8) is 0 Å². The van der Waals surface area contributed by atoms with E-state index in [1.807, 2.05) is 4.90 Å². The van der Waals surface area contributed by atoms with Gasteiger partial charge in [0.1, 0.15) is 0 Å². The Balaban J connectivity index is 1.28. The lowest BCUT2D eigenvalue weighted by atomic mass is 9.90. The fourth-order valence-electron chi connectivity index (χ4n) is 5.70. The van der Waals surface area contributed by atoms with E-state index in [1.54, 1.807) is 0 Å². The molecule has 0 bridgehead atoms. The van der Waals surface area contributed by atoms with Crippen LogP contribution in [0.2, 0.25) is 0 Å². The van der Waals surface area contributed by atoms with Crippen LogP contribution in [0, 0.1) is 0 Å². The van der Waals surface area contributed by atoms with Crippen molar-refractivity contribution in [3.05, 3.63) is 41.2 Å². The lowest BCUT2D eigenvalue weighted by Gasteiger charge is -2.34. The van der Waals surface area contributed by atoms with Gasteiger partial charge >= 0.3 is 0 Å². The van der Waals surface area contributed by atoms with Crippen LogP contribution in [0.1, 0.15) is 60.8 Å². The van der Waals surface area contributed by atoms with Gasteiger partial charge in [-0.15, -0.1) is 0 Å². The first kappa shape index (κ1) is 23.2. The first-order chi connectivity index (χ1) is 16.6. The summed E-state index contributed by atoms with van der Waals surface area (Å²) in [5.74, 6) is 0.142. The monoisotopic (exact) mass is 464 g/mol. The maximum atomic E-state index is 13.4. The molecular formula is C27H40N6O. The summed E-state index contributed by atoms with van der Waals surface area (Å²) in [5, 5.41) is 8.61. The van der Waals surface area contributed by atoms with Gasteiger partial charge in [-0.2, -0.15) is 5.10 Å². The summed E-state index contributed by atoms with van der Waals surface area (Å²) < 4.78 is 2.12. The second-order valence-corrected chi connectivity index (χ2v) is 10.3. The Bertz CT molecular complexity index is 970. The minimum absolute atomic E-state index is 0.142. The van der Waals surface area contributed by atoms with Crippen LogP contribution < -0.4 is 10.2 Å². The molecule has 0 radical (unpaired) electrons. The highest BCUT2D eigenvalue weighted by Gasteiger charge is 2.31. The Hall–Kier alpha value is -2.54. The van der Waals surface area contributed by atoms with Crippen LogP contribution in [0.25, 0.3) is 0 Å². The van der Waals surface area contributed by atoms with E-state index >= 15 is 0 Å². The Morgan fingerprint density at radius 2 is 1.76 bits per heavy atom. The molecule has 7 nitrogen and oxygen atoms in total. The van der Waals surface area contributed by atoms with Crippen LogP contribution in [-0.4, -0.2) is 77.8 Å². The summed E-state index contributed by atoms with van der Waals surface area (Å²) in [7, 11) is 2.19. The first-order valence-corrected chi connectivity index (χ1v) is 13.3. The largest absolute Gasteiger partial charge is 0.382 e. The van der Waals surface area contributed by atoms with Crippen molar-refractivity contribution in [2.45, 2.75) is 64.5 Å². The van der Waals surface area contributed by atoms with Crippen molar-refractivity contribution in [1.29, 1.82) is 0 Å². The third-order valence-electron chi connectivity index (χ3n) is 7.73. The van der Waals surface area contributed by atoms with E-state index in [1.165, 1.54) is 23.4 Å². The molecule has 2 saturated heterocycles. The van der Waals surface area contributed by atoms with Crippen LogP contribution in [0.4, 0.5) is 11.4 Å². The van der Waals surface area contributed by atoms with Gasteiger partial charge in [0.25, 0.3) is 5.91 Å². The third-order valence-corrected chi connectivity index (χ3v) is 7.73. The molecule has 2 aromatic rings. The number of piperidine rings is 1. The molecule has 184 valence electrons.